The van der Waals surface area contributed by atoms with E-state index in [4.69, 9.17) is 9.84 Å². The van der Waals surface area contributed by atoms with E-state index in [0.717, 1.165) is 11.1 Å². The molecule has 1 N–H and O–H groups in total. The molecule has 90 valence electrons. The van der Waals surface area contributed by atoms with Crippen molar-refractivity contribution >= 4 is 12.1 Å². The predicted molar refractivity (Wildman–Crippen MR) is 59.5 cm³/mol. The first-order valence-electron chi connectivity index (χ1n) is 5.30. The fourth-order valence-electron chi connectivity index (χ4n) is 1.68. The zero-order valence-corrected chi connectivity index (χ0v) is 9.42. The molecule has 0 unspecified atom stereocenters. The summed E-state index contributed by atoms with van der Waals surface area (Å²) in [4.78, 5) is 23.5. The summed E-state index contributed by atoms with van der Waals surface area (Å²) in [7, 11) is 0. The molecule has 0 spiro atoms. The first-order chi connectivity index (χ1) is 8.06. The number of carboxylic acids is 1. The Labute approximate surface area is 98.6 Å². The molecule has 0 aromatic heterocycles. The van der Waals surface area contributed by atoms with Gasteiger partial charge in [0, 0.05) is 6.54 Å². The Morgan fingerprint density at radius 1 is 1.47 bits per heavy atom. The van der Waals surface area contributed by atoms with Gasteiger partial charge in [-0.05, 0) is 12.5 Å². The van der Waals surface area contributed by atoms with Crippen LogP contribution in [0.1, 0.15) is 11.1 Å². The number of amides is 1. The molecule has 1 fully saturated rings. The summed E-state index contributed by atoms with van der Waals surface area (Å²) in [6, 6.07) is 7.73. The van der Waals surface area contributed by atoms with Gasteiger partial charge in [-0.25, -0.2) is 9.59 Å². The van der Waals surface area contributed by atoms with Gasteiger partial charge in [0.25, 0.3) is 0 Å². The van der Waals surface area contributed by atoms with Crippen LogP contribution in [0.25, 0.3) is 0 Å². The van der Waals surface area contributed by atoms with E-state index in [1.54, 1.807) is 0 Å². The highest BCUT2D eigenvalue weighted by Gasteiger charge is 2.35. The standard InChI is InChI=1S/C12H13NO4/c1-8-2-4-9(5-3-8)6-13-7-10(11(14)15)17-12(13)16/h2-5,10H,6-7H2,1H3,(H,14,15)/t10-/m1/s1. The molecule has 1 aliphatic rings. The highest BCUT2D eigenvalue weighted by atomic mass is 16.6. The maximum Gasteiger partial charge on any atom is 0.411 e. The Morgan fingerprint density at radius 2 is 2.12 bits per heavy atom. The molecule has 1 amide bonds. The van der Waals surface area contributed by atoms with Crippen LogP contribution in [0.4, 0.5) is 4.79 Å². The molecule has 1 saturated heterocycles. The number of hydrogen-bond donors (Lipinski definition) is 1. The zero-order chi connectivity index (χ0) is 12.4. The summed E-state index contributed by atoms with van der Waals surface area (Å²) in [6.45, 7) is 2.46. The van der Waals surface area contributed by atoms with E-state index in [0.29, 0.717) is 6.54 Å². The summed E-state index contributed by atoms with van der Waals surface area (Å²) >= 11 is 0. The Bertz CT molecular complexity index is 440. The van der Waals surface area contributed by atoms with E-state index in [2.05, 4.69) is 0 Å². The van der Waals surface area contributed by atoms with Crippen molar-refractivity contribution in [1.29, 1.82) is 0 Å². The average Bonchev–Trinajstić information content (AvgIpc) is 2.64. The molecule has 0 aliphatic carbocycles. The number of hydrogen-bond acceptors (Lipinski definition) is 3. The summed E-state index contributed by atoms with van der Waals surface area (Å²) in [5, 5.41) is 8.75. The normalized spacial score (nSPS) is 19.2. The van der Waals surface area contributed by atoms with Crippen LogP contribution in [0, 0.1) is 6.92 Å². The molecule has 1 aliphatic heterocycles. The number of carboxylic acid groups (broad SMARTS) is 1. The van der Waals surface area contributed by atoms with Crippen LogP contribution in [0.3, 0.4) is 0 Å². The van der Waals surface area contributed by atoms with E-state index < -0.39 is 18.2 Å². The number of benzene rings is 1. The van der Waals surface area contributed by atoms with Crippen molar-refractivity contribution in [3.05, 3.63) is 35.4 Å². The number of aryl methyl sites for hydroxylation is 1. The van der Waals surface area contributed by atoms with Gasteiger partial charge in [-0.3, -0.25) is 4.90 Å². The monoisotopic (exact) mass is 235 g/mol. The lowest BCUT2D eigenvalue weighted by Gasteiger charge is -2.12. The van der Waals surface area contributed by atoms with Crippen LogP contribution in [0.2, 0.25) is 0 Å². The highest BCUT2D eigenvalue weighted by molar-refractivity contribution is 5.81. The third kappa shape index (κ3) is 2.55. The molecule has 5 heteroatoms. The lowest BCUT2D eigenvalue weighted by Crippen LogP contribution is -2.27. The summed E-state index contributed by atoms with van der Waals surface area (Å²) in [5.41, 5.74) is 2.10. The second kappa shape index (κ2) is 4.45. The number of aliphatic carboxylic acids is 1. The van der Waals surface area contributed by atoms with Gasteiger partial charge in [0.05, 0.1) is 6.54 Å². The molecule has 1 aromatic rings. The molecule has 1 atom stereocenters. The largest absolute Gasteiger partial charge is 0.478 e. The van der Waals surface area contributed by atoms with Gasteiger partial charge >= 0.3 is 12.1 Å². The molecule has 5 nitrogen and oxygen atoms in total. The summed E-state index contributed by atoms with van der Waals surface area (Å²) in [6.07, 6.45) is -1.62. The number of ether oxygens (including phenoxy) is 1. The van der Waals surface area contributed by atoms with E-state index in [9.17, 15) is 9.59 Å². The van der Waals surface area contributed by atoms with Crippen molar-refractivity contribution in [1.82, 2.24) is 4.90 Å². The second-order valence-electron chi connectivity index (χ2n) is 4.08. The minimum absolute atomic E-state index is 0.0992. The molecule has 0 saturated carbocycles. The van der Waals surface area contributed by atoms with Crippen molar-refractivity contribution < 1.29 is 19.4 Å². The third-order valence-corrected chi connectivity index (χ3v) is 2.66. The average molecular weight is 235 g/mol. The predicted octanol–water partition coefficient (Wildman–Crippen LogP) is 1.40. The number of carbonyl (C=O) groups excluding carboxylic acids is 1. The van der Waals surface area contributed by atoms with Crippen LogP contribution in [0.15, 0.2) is 24.3 Å². The van der Waals surface area contributed by atoms with E-state index in [1.165, 1.54) is 4.90 Å². The van der Waals surface area contributed by atoms with Crippen LogP contribution >= 0.6 is 0 Å². The minimum Gasteiger partial charge on any atom is -0.478 e. The molecule has 1 aromatic carbocycles. The number of cyclic esters (lactones) is 1. The van der Waals surface area contributed by atoms with E-state index in [-0.39, 0.29) is 6.54 Å². The van der Waals surface area contributed by atoms with Crippen molar-refractivity contribution in [3.63, 3.8) is 0 Å². The van der Waals surface area contributed by atoms with Gasteiger partial charge < -0.3 is 9.84 Å². The quantitative estimate of drug-likeness (QED) is 0.859. The molecule has 2 rings (SSSR count). The summed E-state index contributed by atoms with van der Waals surface area (Å²) in [5.74, 6) is -1.11. The molecular formula is C12H13NO4. The second-order valence-corrected chi connectivity index (χ2v) is 4.08. The van der Waals surface area contributed by atoms with Gasteiger partial charge in [0.15, 0.2) is 0 Å². The third-order valence-electron chi connectivity index (χ3n) is 2.66. The van der Waals surface area contributed by atoms with Crippen molar-refractivity contribution in [2.24, 2.45) is 0 Å². The smallest absolute Gasteiger partial charge is 0.411 e. The molecule has 17 heavy (non-hydrogen) atoms. The van der Waals surface area contributed by atoms with Crippen LogP contribution < -0.4 is 0 Å². The van der Waals surface area contributed by atoms with Gasteiger partial charge in [0.2, 0.25) is 6.10 Å². The molecule has 1 heterocycles. The van der Waals surface area contributed by atoms with Crippen LogP contribution in [-0.2, 0) is 16.1 Å². The Kier molecular flexibility index (Phi) is 2.99. The maximum absolute atomic E-state index is 11.4. The van der Waals surface area contributed by atoms with E-state index in [1.807, 2.05) is 31.2 Å². The number of carbonyl (C=O) groups is 2. The van der Waals surface area contributed by atoms with E-state index >= 15 is 0 Å². The molecule has 0 bridgehead atoms. The van der Waals surface area contributed by atoms with Crippen LogP contribution in [-0.4, -0.2) is 34.7 Å². The fourth-order valence-corrected chi connectivity index (χ4v) is 1.68. The Morgan fingerprint density at radius 3 is 2.65 bits per heavy atom. The van der Waals surface area contributed by atoms with Crippen molar-refractivity contribution in [3.8, 4) is 0 Å². The Hall–Kier alpha value is -2.04. The molecule has 0 radical (unpaired) electrons. The van der Waals surface area contributed by atoms with Gasteiger partial charge in [0.1, 0.15) is 0 Å². The SMILES string of the molecule is Cc1ccc(CN2C[C@H](C(=O)O)OC2=O)cc1. The first kappa shape index (κ1) is 11.4. The zero-order valence-electron chi connectivity index (χ0n) is 9.42. The maximum atomic E-state index is 11.4. The van der Waals surface area contributed by atoms with Crippen LogP contribution in [0.5, 0.6) is 0 Å². The van der Waals surface area contributed by atoms with Gasteiger partial charge in [-0.1, -0.05) is 29.8 Å². The highest BCUT2D eigenvalue weighted by Crippen LogP contribution is 2.15. The lowest BCUT2D eigenvalue weighted by molar-refractivity contribution is -0.144. The fraction of sp³-hybridized carbons (Fsp3) is 0.333. The Balaban J connectivity index is 2.02. The number of nitrogens with zero attached hydrogens (tertiary/aromatic N) is 1. The summed E-state index contributed by atoms with van der Waals surface area (Å²) < 4.78 is 4.72. The lowest BCUT2D eigenvalue weighted by atomic mass is 10.1. The van der Waals surface area contributed by atoms with Gasteiger partial charge in [-0.15, -0.1) is 0 Å². The molecular weight excluding hydrogens is 222 g/mol. The van der Waals surface area contributed by atoms with Crippen molar-refractivity contribution in [2.75, 3.05) is 6.54 Å². The van der Waals surface area contributed by atoms with Crippen molar-refractivity contribution in [2.45, 2.75) is 19.6 Å². The minimum atomic E-state index is -1.11. The first-order valence-corrected chi connectivity index (χ1v) is 5.30. The topological polar surface area (TPSA) is 66.8 Å². The number of rotatable bonds is 3. The van der Waals surface area contributed by atoms with Gasteiger partial charge in [-0.2, -0.15) is 0 Å².